The van der Waals surface area contributed by atoms with E-state index in [0.717, 1.165) is 43.6 Å². The van der Waals surface area contributed by atoms with Crippen LogP contribution in [0.3, 0.4) is 0 Å². The molecule has 0 spiro atoms. The smallest absolute Gasteiger partial charge is 0.313 e. The average Bonchev–Trinajstić information content (AvgIpc) is 3.94. The van der Waals surface area contributed by atoms with Crippen LogP contribution in [0.15, 0.2) is 30.5 Å². The van der Waals surface area contributed by atoms with Gasteiger partial charge >= 0.3 is 5.97 Å². The maximum absolute atomic E-state index is 14.0. The first-order valence-corrected chi connectivity index (χ1v) is 27.3. The number of ether oxygens (including phenoxy) is 6. The number of rotatable bonds is 36. The van der Waals surface area contributed by atoms with Crippen molar-refractivity contribution in [1.82, 2.24) is 46.8 Å². The first-order valence-electron chi connectivity index (χ1n) is 26.3. The lowest BCUT2D eigenvalue weighted by molar-refractivity contribution is -0.136. The van der Waals surface area contributed by atoms with E-state index in [1.54, 1.807) is 38.2 Å². The summed E-state index contributed by atoms with van der Waals surface area (Å²) in [5.74, 6) is -11.5. The highest BCUT2D eigenvalue weighted by Crippen LogP contribution is 2.26. The minimum absolute atomic E-state index is 0.0743. The fraction of sp³-hybridized carbons (Fsp3) is 0.600. The van der Waals surface area contributed by atoms with Crippen molar-refractivity contribution < 1.29 is 85.3 Å². The fourth-order valence-electron chi connectivity index (χ4n) is 7.01. The second-order valence-corrected chi connectivity index (χ2v) is 19.1. The summed E-state index contributed by atoms with van der Waals surface area (Å²) in [5.41, 5.74) is 1.60. The van der Waals surface area contributed by atoms with Crippen molar-refractivity contribution in [1.29, 1.82) is 0 Å². The van der Waals surface area contributed by atoms with Gasteiger partial charge in [0.1, 0.15) is 23.9 Å². The van der Waals surface area contributed by atoms with Crippen LogP contribution in [0.25, 0.3) is 0 Å². The van der Waals surface area contributed by atoms with Crippen LogP contribution >= 0.6 is 21.5 Å². The Morgan fingerprint density at radius 2 is 1.41 bits per heavy atom. The number of benzene rings is 2. The number of carbonyl (C=O) groups is 5. The number of aliphatic hydroxyl groups excluding tert-OH is 2. The second-order valence-electron chi connectivity index (χ2n) is 18.1. The highest BCUT2D eigenvalue weighted by Gasteiger charge is 2.28. The van der Waals surface area contributed by atoms with Gasteiger partial charge in [0.15, 0.2) is 22.6 Å². The number of nitrogens with one attached hydrogen (secondary N) is 7. The summed E-state index contributed by atoms with van der Waals surface area (Å²) in [6.45, 7) is 7.98. The van der Waals surface area contributed by atoms with E-state index in [0.29, 0.717) is 31.0 Å². The molecule has 31 heteroatoms. The number of aromatic hydroxyl groups is 1. The molecule has 1 saturated heterocycles. The molecule has 1 fully saturated rings. The minimum atomic E-state index is -1.97. The Balaban J connectivity index is 0.00000116. The number of carbonyl (C=O) groups excluding carboxylic acids is 5. The van der Waals surface area contributed by atoms with E-state index >= 15 is 0 Å². The zero-order valence-corrected chi connectivity index (χ0v) is 47.5. The molecule has 1 aliphatic rings. The van der Waals surface area contributed by atoms with E-state index in [9.17, 15) is 56.9 Å². The van der Waals surface area contributed by atoms with Gasteiger partial charge in [0.2, 0.25) is 42.6 Å². The van der Waals surface area contributed by atoms with Gasteiger partial charge < -0.3 is 80.9 Å². The lowest BCUT2D eigenvalue weighted by Crippen LogP contribution is -2.51. The molecule has 81 heavy (non-hydrogen) atoms. The van der Waals surface area contributed by atoms with E-state index in [-0.39, 0.29) is 90.2 Å². The van der Waals surface area contributed by atoms with Crippen molar-refractivity contribution in [3.8, 4) is 11.5 Å². The number of aliphatic hydroxyl groups is 2. The molecule has 0 bridgehead atoms. The molecule has 4 amide bonds. The van der Waals surface area contributed by atoms with Crippen LogP contribution in [0.5, 0.6) is 11.5 Å². The summed E-state index contributed by atoms with van der Waals surface area (Å²) in [6, 6.07) is 4.77. The Kier molecular flexibility index (Phi) is 34.1. The molecule has 4 rings (SSSR count). The summed E-state index contributed by atoms with van der Waals surface area (Å²) in [7, 11) is 3.45. The molecule has 1 aliphatic heterocycles. The highest BCUT2D eigenvalue weighted by molar-refractivity contribution is 7.80. The summed E-state index contributed by atoms with van der Waals surface area (Å²) < 4.78 is 87.3. The van der Waals surface area contributed by atoms with Crippen molar-refractivity contribution in [2.75, 3.05) is 91.0 Å². The van der Waals surface area contributed by atoms with Crippen molar-refractivity contribution >= 4 is 74.6 Å². The molecule has 1 radical (unpaired) electrons. The van der Waals surface area contributed by atoms with Crippen molar-refractivity contribution in [3.05, 3.63) is 59.4 Å². The molecule has 1 aromatic heterocycles. The highest BCUT2D eigenvalue weighted by atomic mass is 32.1. The molecule has 6 unspecified atom stereocenters. The first-order chi connectivity index (χ1) is 38.8. The van der Waals surface area contributed by atoms with Crippen molar-refractivity contribution in [3.63, 3.8) is 0 Å². The van der Waals surface area contributed by atoms with Gasteiger partial charge in [-0.3, -0.25) is 28.7 Å². The lowest BCUT2D eigenvalue weighted by atomic mass is 9.98. The summed E-state index contributed by atoms with van der Waals surface area (Å²) in [6.07, 6.45) is 4.59. The first kappa shape index (κ1) is 69.6. The summed E-state index contributed by atoms with van der Waals surface area (Å²) in [4.78, 5) is 61.5. The number of aromatic nitrogens is 3. The van der Waals surface area contributed by atoms with E-state index in [1.807, 2.05) is 20.4 Å². The average molecular weight is 1190 g/mol. The van der Waals surface area contributed by atoms with E-state index < -0.39 is 95.3 Å². The Bertz CT molecular complexity index is 2380. The Labute approximate surface area is 476 Å². The number of thiocarbonyl (C=S) groups is 1. The van der Waals surface area contributed by atoms with Gasteiger partial charge in [-0.05, 0) is 89.0 Å². The third-order valence-electron chi connectivity index (χ3n) is 11.5. The number of aryl methyl sites for hydroxylation is 2. The molecule has 0 saturated carbocycles. The predicted molar refractivity (Wildman–Crippen MR) is 296 cm³/mol. The molecule has 0 aliphatic carbocycles. The molecule has 2 aromatic carbocycles. The number of hydrogen-bond acceptors (Lipinski definition) is 18. The number of nitrogens with zero attached hydrogens (tertiary/aromatic N) is 3. The molecule has 451 valence electrons. The number of amides is 4. The molecular weight excluding hydrogens is 1110 g/mol. The molecule has 6 atom stereocenters. The molecular formula is C50H75BF4N10O14PS. The van der Waals surface area contributed by atoms with Crippen LogP contribution in [-0.4, -0.2) is 188 Å². The Morgan fingerprint density at radius 1 is 0.778 bits per heavy atom. The molecule has 3 aromatic rings. The van der Waals surface area contributed by atoms with Crippen LogP contribution in [0, 0.1) is 23.3 Å². The molecule has 24 nitrogen and oxygen atoms in total. The maximum atomic E-state index is 14.0. The third kappa shape index (κ3) is 28.7. The summed E-state index contributed by atoms with van der Waals surface area (Å²) in [5, 5.41) is 55.2. The maximum Gasteiger partial charge on any atom is 0.313 e. The zero-order valence-electron chi connectivity index (χ0n) is 45.6. The third-order valence-corrected chi connectivity index (χ3v) is 12.2. The van der Waals surface area contributed by atoms with E-state index in [4.69, 9.17) is 35.9 Å². The topological polar surface area (TPSA) is 316 Å². The number of esters is 1. The number of unbranched alkanes of at least 4 members (excludes halogenated alkanes) is 1. The van der Waals surface area contributed by atoms with Crippen LogP contribution < -0.4 is 47.2 Å². The largest absolute Gasteiger partial charge is 0.508 e. The van der Waals surface area contributed by atoms with Gasteiger partial charge in [0, 0.05) is 49.7 Å². The van der Waals surface area contributed by atoms with Gasteiger partial charge in [-0.2, -0.15) is 4.39 Å². The van der Waals surface area contributed by atoms with Crippen LogP contribution in [-0.2, 0) is 60.6 Å². The SMILES string of the molecule is CC(NC(=O)CCCn1cc(CCCCNC(=S)Nc2ccc(O)cc2)nn1)C(=O)NCC(=O)NC(C)C(=O)NCCOCCOCCOCCOCCC(=O)Oc1c(F)c(F)c(F)c(P)c1F.C[B]NCCC1CC(O)C(O)CO1. The zero-order chi connectivity index (χ0) is 59.5. The minimum Gasteiger partial charge on any atom is -0.508 e. The Hall–Kier alpha value is -5.69. The standard InChI is InChI=1S/C42H58F4N9O11PS.C8H17BNO3/c1-26(40(60)47-14-17-63-19-21-65-23-22-64-20-18-62-16-12-33(59)66-38-35(44)34(43)36(45)39(67)37(38)46)51-32(58)24-49-41(61)27(2)50-31(57)7-5-15-55-25-29(53-54-55)6-3-4-13-48-42(68)52-28-8-10-30(56)11-9-28;1-9-10-3-2-6-4-7(11)8(12)5-13-6/h8-11,25-27,56H,3-7,12-24,67H2,1-2H3,(H,47,60)(H,49,61)(H,50,57)(H,51,58)(H2,48,52,68);6-8,10-12H,2-5H2,1H3. The van der Waals surface area contributed by atoms with Gasteiger partial charge in [0.05, 0.1) is 90.3 Å². The van der Waals surface area contributed by atoms with Crippen molar-refractivity contribution in [2.24, 2.45) is 0 Å². The fourth-order valence-corrected chi connectivity index (χ4v) is 7.48. The normalized spacial score (nSPS) is 15.5. The molecule has 10 N–H and O–H groups in total. The summed E-state index contributed by atoms with van der Waals surface area (Å²) >= 11 is 5.29. The monoisotopic (exact) mass is 1190 g/mol. The number of phenols is 1. The number of hydrogen-bond donors (Lipinski definition) is 10. The number of phenolic OH excluding ortho intramolecular Hbond substituents is 1. The number of halogens is 4. The van der Waals surface area contributed by atoms with Crippen LogP contribution in [0.2, 0.25) is 6.82 Å². The second kappa shape index (κ2) is 39.7. The quantitative estimate of drug-likeness (QED) is 0.00364. The van der Waals surface area contributed by atoms with E-state index in [1.165, 1.54) is 13.8 Å². The van der Waals surface area contributed by atoms with Crippen LogP contribution in [0.4, 0.5) is 23.2 Å². The lowest BCUT2D eigenvalue weighted by Gasteiger charge is -2.30. The van der Waals surface area contributed by atoms with E-state index in [2.05, 4.69) is 52.2 Å². The van der Waals surface area contributed by atoms with Gasteiger partial charge in [0.25, 0.3) is 0 Å². The van der Waals surface area contributed by atoms with Crippen LogP contribution in [0.1, 0.15) is 64.5 Å². The predicted octanol–water partition coefficient (Wildman–Crippen LogP) is 0.578. The van der Waals surface area contributed by atoms with Gasteiger partial charge in [-0.25, -0.2) is 13.2 Å². The number of anilines is 1. The van der Waals surface area contributed by atoms with Gasteiger partial charge in [-0.1, -0.05) is 21.3 Å². The van der Waals surface area contributed by atoms with Gasteiger partial charge in [-0.15, -0.1) is 5.10 Å². The molecule has 2 heterocycles. The van der Waals surface area contributed by atoms with Crippen molar-refractivity contribution in [2.45, 2.75) is 109 Å². The Morgan fingerprint density at radius 3 is 2.06 bits per heavy atom.